The van der Waals surface area contributed by atoms with Crippen LogP contribution >= 0.6 is 0 Å². The molecule has 1 saturated heterocycles. The smallest absolute Gasteiger partial charge is 0.304 e. The van der Waals surface area contributed by atoms with Gasteiger partial charge in [-0.1, -0.05) is 40.0 Å². The molecule has 0 aromatic heterocycles. The van der Waals surface area contributed by atoms with Gasteiger partial charge in [-0.2, -0.15) is 0 Å². The van der Waals surface area contributed by atoms with Crippen molar-refractivity contribution < 1.29 is 28.5 Å². The zero-order chi connectivity index (χ0) is 19.2. The van der Waals surface area contributed by atoms with Gasteiger partial charge >= 0.3 is 5.97 Å². The van der Waals surface area contributed by atoms with Gasteiger partial charge < -0.3 is 23.7 Å². The summed E-state index contributed by atoms with van der Waals surface area (Å²) in [6.45, 7) is 10.2. The highest BCUT2D eigenvalue weighted by molar-refractivity contribution is 5.66. The second kappa shape index (κ2) is 14.4. The molecule has 1 rings (SSSR count). The Hall–Kier alpha value is -0.690. The maximum absolute atomic E-state index is 11.4. The Morgan fingerprint density at radius 3 is 2.19 bits per heavy atom. The Kier molecular flexibility index (Phi) is 12.9. The number of hydrogen-bond acceptors (Lipinski definition) is 6. The second-order valence-corrected chi connectivity index (χ2v) is 6.83. The number of hydrogen-bond donors (Lipinski definition) is 0. The third kappa shape index (κ3) is 9.31. The van der Waals surface area contributed by atoms with Crippen LogP contribution in [-0.4, -0.2) is 57.0 Å². The molecular formula is C20H38O6. The Balaban J connectivity index is 2.74. The van der Waals surface area contributed by atoms with E-state index in [1.54, 1.807) is 0 Å². The molecule has 1 aliphatic heterocycles. The van der Waals surface area contributed by atoms with Gasteiger partial charge in [-0.05, 0) is 19.3 Å². The van der Waals surface area contributed by atoms with Crippen LogP contribution in [0.1, 0.15) is 72.6 Å². The highest BCUT2D eigenvalue weighted by atomic mass is 16.7. The van der Waals surface area contributed by atoms with E-state index in [0.29, 0.717) is 32.8 Å². The summed E-state index contributed by atoms with van der Waals surface area (Å²) >= 11 is 0. The van der Waals surface area contributed by atoms with Gasteiger partial charge in [0, 0.05) is 33.2 Å². The second-order valence-electron chi connectivity index (χ2n) is 6.83. The first-order valence-electron chi connectivity index (χ1n) is 10.3. The van der Waals surface area contributed by atoms with Gasteiger partial charge in [0.1, 0.15) is 12.2 Å². The van der Waals surface area contributed by atoms with Crippen LogP contribution in [0.3, 0.4) is 0 Å². The molecule has 1 heterocycles. The van der Waals surface area contributed by atoms with E-state index in [4.69, 9.17) is 23.7 Å². The van der Waals surface area contributed by atoms with E-state index < -0.39 is 6.29 Å². The largest absolute Gasteiger partial charge is 0.436 e. The summed E-state index contributed by atoms with van der Waals surface area (Å²) in [5, 5.41) is 0. The van der Waals surface area contributed by atoms with E-state index in [1.165, 1.54) is 6.92 Å². The van der Waals surface area contributed by atoms with Crippen LogP contribution in [0.15, 0.2) is 0 Å². The van der Waals surface area contributed by atoms with Crippen molar-refractivity contribution in [3.63, 3.8) is 0 Å². The lowest BCUT2D eigenvalue weighted by Crippen LogP contribution is -2.53. The summed E-state index contributed by atoms with van der Waals surface area (Å²) in [5.74, 6) is -0.349. The molecule has 0 aliphatic carbocycles. The SMILES string of the molecule is CCCCOCC1OC(OC(C)=O)CC(OCCCC)C1OCCCC. The minimum absolute atomic E-state index is 0.156. The minimum Gasteiger partial charge on any atom is -0.436 e. The lowest BCUT2D eigenvalue weighted by Gasteiger charge is -2.40. The Morgan fingerprint density at radius 1 is 0.962 bits per heavy atom. The minimum atomic E-state index is -0.607. The quantitative estimate of drug-likeness (QED) is 0.340. The molecule has 0 N–H and O–H groups in total. The number of rotatable bonds is 14. The van der Waals surface area contributed by atoms with E-state index in [-0.39, 0.29) is 24.3 Å². The standard InChI is InChI=1S/C20H38O6/c1-5-8-11-22-15-18-20(24-13-10-7-3)17(23-12-9-6-2)14-19(26-18)25-16(4)21/h17-20H,5-15H2,1-4H3. The molecule has 0 bridgehead atoms. The summed E-state index contributed by atoms with van der Waals surface area (Å²) in [7, 11) is 0. The molecule has 0 amide bonds. The van der Waals surface area contributed by atoms with Crippen LogP contribution in [0.25, 0.3) is 0 Å². The topological polar surface area (TPSA) is 63.2 Å². The molecule has 4 atom stereocenters. The van der Waals surface area contributed by atoms with Crippen LogP contribution in [0.5, 0.6) is 0 Å². The number of unbranched alkanes of at least 4 members (excludes halogenated alkanes) is 3. The summed E-state index contributed by atoms with van der Waals surface area (Å²) in [4.78, 5) is 11.4. The Bertz CT molecular complexity index is 362. The van der Waals surface area contributed by atoms with Gasteiger partial charge in [-0.15, -0.1) is 0 Å². The van der Waals surface area contributed by atoms with Crippen LogP contribution in [0.2, 0.25) is 0 Å². The molecule has 154 valence electrons. The molecule has 6 heteroatoms. The molecule has 0 aromatic rings. The number of ether oxygens (including phenoxy) is 5. The fourth-order valence-corrected chi connectivity index (χ4v) is 2.85. The van der Waals surface area contributed by atoms with Crippen molar-refractivity contribution in [1.82, 2.24) is 0 Å². The highest BCUT2D eigenvalue weighted by Gasteiger charge is 2.41. The fraction of sp³-hybridized carbons (Fsp3) is 0.950. The highest BCUT2D eigenvalue weighted by Crippen LogP contribution is 2.27. The first kappa shape index (κ1) is 23.3. The lowest BCUT2D eigenvalue weighted by molar-refractivity contribution is -0.267. The van der Waals surface area contributed by atoms with Crippen molar-refractivity contribution in [3.05, 3.63) is 0 Å². The first-order chi connectivity index (χ1) is 12.6. The summed E-state index contributed by atoms with van der Waals surface area (Å²) in [5.41, 5.74) is 0. The maximum Gasteiger partial charge on any atom is 0.304 e. The monoisotopic (exact) mass is 374 g/mol. The third-order valence-corrected chi connectivity index (χ3v) is 4.34. The molecule has 6 nitrogen and oxygen atoms in total. The molecule has 4 unspecified atom stereocenters. The zero-order valence-electron chi connectivity index (χ0n) is 17.0. The van der Waals surface area contributed by atoms with Crippen molar-refractivity contribution in [2.45, 2.75) is 97.2 Å². The van der Waals surface area contributed by atoms with Gasteiger partial charge in [-0.3, -0.25) is 4.79 Å². The molecule has 1 aliphatic rings. The molecule has 0 radical (unpaired) electrons. The van der Waals surface area contributed by atoms with E-state index in [1.807, 2.05) is 0 Å². The van der Waals surface area contributed by atoms with Crippen LogP contribution < -0.4 is 0 Å². The molecule has 0 saturated carbocycles. The van der Waals surface area contributed by atoms with Gasteiger partial charge in [0.15, 0.2) is 0 Å². The molecular weight excluding hydrogens is 336 g/mol. The van der Waals surface area contributed by atoms with E-state index in [2.05, 4.69) is 20.8 Å². The van der Waals surface area contributed by atoms with Crippen LogP contribution in [0.4, 0.5) is 0 Å². The van der Waals surface area contributed by atoms with Crippen LogP contribution in [-0.2, 0) is 28.5 Å². The maximum atomic E-state index is 11.4. The van der Waals surface area contributed by atoms with Crippen molar-refractivity contribution in [2.24, 2.45) is 0 Å². The summed E-state index contributed by atoms with van der Waals surface area (Å²) < 4.78 is 29.3. The van der Waals surface area contributed by atoms with E-state index in [0.717, 1.165) is 38.5 Å². The van der Waals surface area contributed by atoms with E-state index >= 15 is 0 Å². The van der Waals surface area contributed by atoms with Crippen LogP contribution in [0, 0.1) is 0 Å². The van der Waals surface area contributed by atoms with Gasteiger partial charge in [0.2, 0.25) is 6.29 Å². The van der Waals surface area contributed by atoms with E-state index in [9.17, 15) is 4.79 Å². The van der Waals surface area contributed by atoms with Gasteiger partial charge in [0.05, 0.1) is 12.7 Å². The molecule has 0 aromatic carbocycles. The van der Waals surface area contributed by atoms with Crippen molar-refractivity contribution in [2.75, 3.05) is 26.4 Å². The lowest BCUT2D eigenvalue weighted by atomic mass is 10.0. The van der Waals surface area contributed by atoms with Crippen molar-refractivity contribution >= 4 is 5.97 Å². The molecule has 26 heavy (non-hydrogen) atoms. The Morgan fingerprint density at radius 2 is 1.58 bits per heavy atom. The number of esters is 1. The predicted octanol–water partition coefficient (Wildman–Crippen LogP) is 3.85. The van der Waals surface area contributed by atoms with Gasteiger partial charge in [0.25, 0.3) is 0 Å². The first-order valence-corrected chi connectivity index (χ1v) is 10.3. The average Bonchev–Trinajstić information content (AvgIpc) is 2.60. The zero-order valence-corrected chi connectivity index (χ0v) is 17.0. The Labute approximate surface area is 158 Å². The van der Waals surface area contributed by atoms with Crippen molar-refractivity contribution in [3.8, 4) is 0 Å². The van der Waals surface area contributed by atoms with Gasteiger partial charge in [-0.25, -0.2) is 0 Å². The molecule has 0 spiro atoms. The molecule has 1 fully saturated rings. The van der Waals surface area contributed by atoms with Crippen molar-refractivity contribution in [1.29, 1.82) is 0 Å². The summed E-state index contributed by atoms with van der Waals surface area (Å²) in [6, 6.07) is 0. The average molecular weight is 375 g/mol. The normalized spacial score (nSPS) is 26.0. The fourth-order valence-electron chi connectivity index (χ4n) is 2.85. The predicted molar refractivity (Wildman–Crippen MR) is 100 cm³/mol. The number of carbonyl (C=O) groups excluding carboxylic acids is 1. The summed E-state index contributed by atoms with van der Waals surface area (Å²) in [6.07, 6.45) is 5.46. The number of carbonyl (C=O) groups is 1. The third-order valence-electron chi connectivity index (χ3n) is 4.34.